The van der Waals surface area contributed by atoms with Crippen LogP contribution in [0.3, 0.4) is 0 Å². The van der Waals surface area contributed by atoms with Crippen molar-refractivity contribution in [2.75, 3.05) is 0 Å². The van der Waals surface area contributed by atoms with E-state index in [1.807, 2.05) is 0 Å². The second-order valence-corrected chi connectivity index (χ2v) is 0.250. The van der Waals surface area contributed by atoms with Crippen LogP contribution in [0.2, 0.25) is 0 Å². The van der Waals surface area contributed by atoms with Gasteiger partial charge in [-0.05, 0) is 6.16 Å². The maximum Gasteiger partial charge on any atom is 2.00 e. The van der Waals surface area contributed by atoms with Gasteiger partial charge in [0.25, 0.3) is 0 Å². The van der Waals surface area contributed by atoms with Gasteiger partial charge in [-0.3, -0.25) is 0 Å². The van der Waals surface area contributed by atoms with Crippen LogP contribution in [0.5, 0.6) is 0 Å². The molecule has 0 radical (unpaired) electrons. The maximum atomic E-state index is 8.33. The van der Waals surface area contributed by atoms with E-state index >= 15 is 0 Å². The molecule has 3 nitrogen and oxygen atoms in total. The Morgan fingerprint density at radius 1 is 1.33 bits per heavy atom. The number of hydrogen-bond acceptors (Lipinski definition) is 3. The first-order valence-electron chi connectivity index (χ1n) is 0.612. The fraction of sp³-hybridized carbons (Fsp3) is 0. The molecule has 0 bridgehead atoms. The Balaban J connectivity index is -0.0000000450. The van der Waals surface area contributed by atoms with E-state index in [1.54, 1.807) is 0 Å². The average Bonchev–Trinajstić information content (AvgIpc) is 0.811. The van der Waals surface area contributed by atoms with E-state index in [4.69, 9.17) is 15.0 Å². The van der Waals surface area contributed by atoms with Crippen LogP contribution in [0.25, 0.3) is 0 Å². The molecule has 0 saturated heterocycles. The van der Waals surface area contributed by atoms with E-state index in [-0.39, 0.29) is 61.3 Å². The molecule has 0 aromatic heterocycles. The van der Waals surface area contributed by atoms with Crippen LogP contribution < -0.4 is 22.6 Å². The van der Waals surface area contributed by atoms with Crippen LogP contribution in [0, 0.1) is 0 Å². The van der Waals surface area contributed by atoms with E-state index in [0.717, 1.165) is 0 Å². The van der Waals surface area contributed by atoms with E-state index < -0.39 is 6.16 Å². The molecule has 0 rings (SSSR count). The largest absolute Gasteiger partial charge is 2.00 e. The predicted molar refractivity (Wildman–Crippen MR) is 11.1 cm³/mol. The fourth-order valence-electron chi connectivity index (χ4n) is 0. The number of carbonyl (C=O) groups excluding carboxylic acids is 1. The van der Waals surface area contributed by atoms with Crippen LogP contribution in [0.15, 0.2) is 0 Å². The summed E-state index contributed by atoms with van der Waals surface area (Å²) in [6, 6.07) is 0. The summed E-state index contributed by atoms with van der Waals surface area (Å²) in [6.07, 6.45) is -2.33. The van der Waals surface area contributed by atoms with Crippen molar-refractivity contribution < 1.29 is 27.4 Å². The van der Waals surface area contributed by atoms with Gasteiger partial charge >= 0.3 is 48.9 Å². The van der Waals surface area contributed by atoms with Gasteiger partial charge in [0.05, 0.1) is 0 Å². The molecule has 0 aliphatic rings. The van der Waals surface area contributed by atoms with E-state index in [9.17, 15) is 0 Å². The van der Waals surface area contributed by atoms with Crippen molar-refractivity contribution in [2.45, 2.75) is 0 Å². The third-order valence-corrected chi connectivity index (χ3v) is 0. The minimum atomic E-state index is -2.33. The molecule has 0 aromatic rings. The van der Waals surface area contributed by atoms with Gasteiger partial charge in [-0.25, -0.2) is 0 Å². The average molecular weight is 233 g/mol. The SMILES string of the molecule is O=C([O-])[O-].[Ba+2].[Cl-]. The molecular formula is CBaClO3-. The van der Waals surface area contributed by atoms with Crippen molar-refractivity contribution in [3.63, 3.8) is 0 Å². The topological polar surface area (TPSA) is 63.2 Å². The number of carboxylic acid groups (broad SMARTS) is 2. The van der Waals surface area contributed by atoms with Crippen LogP contribution in [0.1, 0.15) is 0 Å². The molecule has 0 spiro atoms. The molecule has 0 unspecified atom stereocenters. The Labute approximate surface area is 81.2 Å². The van der Waals surface area contributed by atoms with Crippen LogP contribution in [0.4, 0.5) is 4.79 Å². The maximum absolute atomic E-state index is 8.33. The van der Waals surface area contributed by atoms with Crippen LogP contribution in [-0.2, 0) is 0 Å². The van der Waals surface area contributed by atoms with Crippen molar-refractivity contribution in [2.24, 2.45) is 0 Å². The summed E-state index contributed by atoms with van der Waals surface area (Å²) in [5.74, 6) is 0. The molecule has 5 heteroatoms. The second-order valence-electron chi connectivity index (χ2n) is 0.250. The summed E-state index contributed by atoms with van der Waals surface area (Å²) in [6.45, 7) is 0. The van der Waals surface area contributed by atoms with Crippen LogP contribution in [-0.4, -0.2) is 55.0 Å². The Bertz CT molecular complexity index is 33.8. The van der Waals surface area contributed by atoms with Gasteiger partial charge in [0.1, 0.15) is 0 Å². The monoisotopic (exact) mass is 233 g/mol. The minimum absolute atomic E-state index is 0. The summed E-state index contributed by atoms with van der Waals surface area (Å²) in [5, 5.41) is 16.7. The summed E-state index contributed by atoms with van der Waals surface area (Å²) in [5.41, 5.74) is 0. The summed E-state index contributed by atoms with van der Waals surface area (Å²) < 4.78 is 0. The van der Waals surface area contributed by atoms with Gasteiger partial charge in [-0.1, -0.05) is 0 Å². The number of halogens is 1. The number of hydrogen-bond donors (Lipinski definition) is 0. The second kappa shape index (κ2) is 9.46. The van der Waals surface area contributed by atoms with E-state index in [0.29, 0.717) is 0 Å². The summed E-state index contributed by atoms with van der Waals surface area (Å²) in [4.78, 5) is 8.33. The first-order chi connectivity index (χ1) is 1.73. The van der Waals surface area contributed by atoms with Gasteiger partial charge in [-0.2, -0.15) is 0 Å². The van der Waals surface area contributed by atoms with Crippen molar-refractivity contribution in [1.82, 2.24) is 0 Å². The molecule has 0 aromatic carbocycles. The zero-order valence-electron chi connectivity index (χ0n) is 2.81. The van der Waals surface area contributed by atoms with Crippen molar-refractivity contribution in [1.29, 1.82) is 0 Å². The number of rotatable bonds is 0. The van der Waals surface area contributed by atoms with Gasteiger partial charge in [-0.15, -0.1) is 0 Å². The van der Waals surface area contributed by atoms with Gasteiger partial charge in [0, 0.05) is 0 Å². The van der Waals surface area contributed by atoms with E-state index in [2.05, 4.69) is 0 Å². The molecular weight excluding hydrogens is 233 g/mol. The molecule has 32 valence electrons. The van der Waals surface area contributed by atoms with Gasteiger partial charge in [0.15, 0.2) is 0 Å². The summed E-state index contributed by atoms with van der Waals surface area (Å²) >= 11 is 0. The molecule has 0 aliphatic heterocycles. The Hall–Kier alpha value is 1.13. The van der Waals surface area contributed by atoms with Gasteiger partial charge < -0.3 is 27.4 Å². The molecule has 0 fully saturated rings. The molecule has 0 N–H and O–H groups in total. The first-order valence-corrected chi connectivity index (χ1v) is 0.612. The summed E-state index contributed by atoms with van der Waals surface area (Å²) in [7, 11) is 0. The smallest absolute Gasteiger partial charge is 1.00 e. The standard InChI is InChI=1S/CH2O3.Ba.ClH/c2-1(3)4;;/h(H2,2,3,4);;1H/q;+2;/p-3. The van der Waals surface area contributed by atoms with Crippen molar-refractivity contribution in [3.8, 4) is 0 Å². The van der Waals surface area contributed by atoms with Crippen molar-refractivity contribution in [3.05, 3.63) is 0 Å². The Kier molecular flexibility index (Phi) is 24.8. The minimum Gasteiger partial charge on any atom is -1.00 e. The number of carbonyl (C=O) groups is 1. The molecule has 0 heterocycles. The third-order valence-electron chi connectivity index (χ3n) is 0. The predicted octanol–water partition coefficient (Wildman–Crippen LogP) is -5.82. The first kappa shape index (κ1) is 15.7. The molecule has 6 heavy (non-hydrogen) atoms. The Morgan fingerprint density at radius 3 is 1.33 bits per heavy atom. The third kappa shape index (κ3) is 68.4. The Morgan fingerprint density at radius 2 is 1.33 bits per heavy atom. The van der Waals surface area contributed by atoms with E-state index in [1.165, 1.54) is 0 Å². The molecule has 0 amide bonds. The zero-order chi connectivity index (χ0) is 3.58. The van der Waals surface area contributed by atoms with Crippen LogP contribution >= 0.6 is 0 Å². The van der Waals surface area contributed by atoms with Gasteiger partial charge in [0.2, 0.25) is 0 Å². The molecule has 0 aliphatic carbocycles. The van der Waals surface area contributed by atoms with Crippen molar-refractivity contribution >= 4 is 55.0 Å². The zero-order valence-corrected chi connectivity index (χ0v) is 8.01. The molecule has 0 atom stereocenters. The normalized spacial score (nSPS) is 4.00. The molecule has 0 saturated carbocycles. The fourth-order valence-corrected chi connectivity index (χ4v) is 0. The quantitative estimate of drug-likeness (QED) is 0.391.